The van der Waals surface area contributed by atoms with Crippen molar-refractivity contribution >= 4 is 32.0 Å². The fraction of sp³-hybridized carbons (Fsp3) is 0.667. The molecule has 2 aliphatic rings. The van der Waals surface area contributed by atoms with E-state index in [1.54, 1.807) is 0 Å². The van der Waals surface area contributed by atoms with E-state index in [-0.39, 0.29) is 41.1 Å². The van der Waals surface area contributed by atoms with Gasteiger partial charge in [0.05, 0.1) is 17.9 Å². The normalized spacial score (nSPS) is 23.0. The van der Waals surface area contributed by atoms with Crippen LogP contribution in [0.15, 0.2) is 23.3 Å². The first-order valence-corrected chi connectivity index (χ1v) is 12.6. The van der Waals surface area contributed by atoms with E-state index in [0.29, 0.717) is 17.9 Å². The molecule has 26 heavy (non-hydrogen) atoms. The molecule has 0 aliphatic carbocycles. The molecule has 0 aromatic rings. The van der Waals surface area contributed by atoms with E-state index < -0.39 is 14.3 Å². The standard InChI is InChI=1S/C18H29NO5SSi/c1-7-9-23-17(22)14-13(11-20)25-16-12(15(21)19(14)16)8-10-24-26(5,6)18(2,3)4/h7,12,16,20H,1,8-11H2,2-6H3/t12-,16+/m0/s1. The number of aliphatic hydroxyl groups excluding tert-OH is 1. The van der Waals surface area contributed by atoms with E-state index in [1.165, 1.54) is 22.7 Å². The monoisotopic (exact) mass is 399 g/mol. The van der Waals surface area contributed by atoms with Crippen molar-refractivity contribution in [2.24, 2.45) is 5.92 Å². The molecule has 0 radical (unpaired) electrons. The number of hydrogen-bond donors (Lipinski definition) is 1. The number of ether oxygens (including phenoxy) is 1. The molecule has 1 saturated heterocycles. The molecule has 0 aromatic heterocycles. The second kappa shape index (κ2) is 7.88. The Kier molecular flexibility index (Phi) is 6.43. The minimum atomic E-state index is -1.85. The molecule has 6 nitrogen and oxygen atoms in total. The third-order valence-corrected chi connectivity index (χ3v) is 11.2. The fourth-order valence-electron chi connectivity index (χ4n) is 2.68. The van der Waals surface area contributed by atoms with E-state index in [9.17, 15) is 14.7 Å². The minimum absolute atomic E-state index is 0.0716. The molecule has 0 saturated carbocycles. The van der Waals surface area contributed by atoms with Crippen LogP contribution in [0.4, 0.5) is 0 Å². The van der Waals surface area contributed by atoms with Gasteiger partial charge in [0.2, 0.25) is 5.91 Å². The molecule has 2 heterocycles. The summed E-state index contributed by atoms with van der Waals surface area (Å²) in [5.41, 5.74) is 0.177. The fourth-order valence-corrected chi connectivity index (χ4v) is 5.13. The van der Waals surface area contributed by atoms with Crippen LogP contribution in [0.3, 0.4) is 0 Å². The van der Waals surface area contributed by atoms with Crippen molar-refractivity contribution in [2.75, 3.05) is 19.8 Å². The molecule has 1 N–H and O–H groups in total. The minimum Gasteiger partial charge on any atom is -0.457 e. The van der Waals surface area contributed by atoms with Gasteiger partial charge >= 0.3 is 5.97 Å². The highest BCUT2D eigenvalue weighted by Crippen LogP contribution is 2.50. The van der Waals surface area contributed by atoms with Gasteiger partial charge in [-0.25, -0.2) is 4.79 Å². The van der Waals surface area contributed by atoms with Crippen molar-refractivity contribution in [3.05, 3.63) is 23.3 Å². The van der Waals surface area contributed by atoms with Crippen LogP contribution < -0.4 is 0 Å². The van der Waals surface area contributed by atoms with Crippen LogP contribution in [-0.4, -0.2) is 55.4 Å². The molecular formula is C18H29NO5SSi. The van der Waals surface area contributed by atoms with Crippen LogP contribution in [0.2, 0.25) is 18.1 Å². The third kappa shape index (κ3) is 3.93. The molecule has 146 valence electrons. The summed E-state index contributed by atoms with van der Waals surface area (Å²) in [7, 11) is -1.85. The van der Waals surface area contributed by atoms with Crippen LogP contribution in [0.5, 0.6) is 0 Å². The number of fused-ring (bicyclic) bond motifs is 1. The molecule has 1 amide bonds. The summed E-state index contributed by atoms with van der Waals surface area (Å²) in [5.74, 6) is -0.889. The van der Waals surface area contributed by atoms with Gasteiger partial charge in [0.25, 0.3) is 0 Å². The van der Waals surface area contributed by atoms with Gasteiger partial charge in [-0.05, 0) is 24.6 Å². The zero-order chi connectivity index (χ0) is 19.7. The number of esters is 1. The Morgan fingerprint density at radius 3 is 2.62 bits per heavy atom. The van der Waals surface area contributed by atoms with Gasteiger partial charge in [-0.1, -0.05) is 45.2 Å². The first-order valence-electron chi connectivity index (χ1n) is 8.81. The second-order valence-electron chi connectivity index (χ2n) is 8.04. The largest absolute Gasteiger partial charge is 0.457 e. The lowest BCUT2D eigenvalue weighted by molar-refractivity contribution is -0.153. The van der Waals surface area contributed by atoms with Crippen LogP contribution in [0.25, 0.3) is 0 Å². The number of β-lactam (4-membered cyclic amide) rings is 1. The van der Waals surface area contributed by atoms with Crippen molar-refractivity contribution < 1.29 is 23.9 Å². The van der Waals surface area contributed by atoms with Crippen molar-refractivity contribution in [2.45, 2.75) is 50.7 Å². The lowest BCUT2D eigenvalue weighted by Gasteiger charge is -2.43. The van der Waals surface area contributed by atoms with Crippen LogP contribution >= 0.6 is 11.8 Å². The highest BCUT2D eigenvalue weighted by molar-refractivity contribution is 8.04. The van der Waals surface area contributed by atoms with Crippen LogP contribution in [0.1, 0.15) is 27.2 Å². The molecule has 0 spiro atoms. The van der Waals surface area contributed by atoms with Gasteiger partial charge in [-0.15, -0.1) is 0 Å². The average Bonchev–Trinajstić information content (AvgIpc) is 2.90. The summed E-state index contributed by atoms with van der Waals surface area (Å²) in [6.45, 7) is 14.7. The Morgan fingerprint density at radius 2 is 2.08 bits per heavy atom. The second-order valence-corrected chi connectivity index (χ2v) is 14.1. The highest BCUT2D eigenvalue weighted by atomic mass is 32.2. The lowest BCUT2D eigenvalue weighted by atomic mass is 9.94. The van der Waals surface area contributed by atoms with Gasteiger partial charge in [-0.3, -0.25) is 9.69 Å². The zero-order valence-corrected chi connectivity index (χ0v) is 18.0. The van der Waals surface area contributed by atoms with E-state index in [0.717, 1.165) is 0 Å². The molecule has 0 bridgehead atoms. The topological polar surface area (TPSA) is 76.1 Å². The Hall–Kier alpha value is -1.09. The van der Waals surface area contributed by atoms with Gasteiger partial charge in [0.15, 0.2) is 8.32 Å². The molecule has 2 rings (SSSR count). The summed E-state index contributed by atoms with van der Waals surface area (Å²) in [6.07, 6.45) is 2.09. The van der Waals surface area contributed by atoms with Gasteiger partial charge < -0.3 is 14.3 Å². The zero-order valence-electron chi connectivity index (χ0n) is 16.2. The lowest BCUT2D eigenvalue weighted by Crippen LogP contribution is -2.57. The van der Waals surface area contributed by atoms with Crippen molar-refractivity contribution in [3.63, 3.8) is 0 Å². The van der Waals surface area contributed by atoms with E-state index in [1.807, 2.05) is 0 Å². The van der Waals surface area contributed by atoms with Crippen molar-refractivity contribution in [3.8, 4) is 0 Å². The Balaban J connectivity index is 1.97. The predicted octanol–water partition coefficient (Wildman–Crippen LogP) is 2.86. The number of carbonyl (C=O) groups is 2. The molecular weight excluding hydrogens is 370 g/mol. The van der Waals surface area contributed by atoms with E-state index >= 15 is 0 Å². The number of carbonyl (C=O) groups excluding carboxylic acids is 2. The van der Waals surface area contributed by atoms with E-state index in [4.69, 9.17) is 9.16 Å². The maximum Gasteiger partial charge on any atom is 0.356 e. The van der Waals surface area contributed by atoms with Gasteiger partial charge in [0, 0.05) is 11.5 Å². The number of aliphatic hydroxyl groups is 1. The Morgan fingerprint density at radius 1 is 1.42 bits per heavy atom. The van der Waals surface area contributed by atoms with Crippen LogP contribution in [0, 0.1) is 5.92 Å². The summed E-state index contributed by atoms with van der Waals surface area (Å²) in [4.78, 5) is 26.7. The molecule has 0 aromatic carbocycles. The summed E-state index contributed by atoms with van der Waals surface area (Å²) >= 11 is 1.37. The van der Waals surface area contributed by atoms with Crippen molar-refractivity contribution in [1.82, 2.24) is 4.90 Å². The highest BCUT2D eigenvalue weighted by Gasteiger charge is 2.55. The number of amides is 1. The molecule has 0 unspecified atom stereocenters. The van der Waals surface area contributed by atoms with Crippen LogP contribution in [-0.2, 0) is 18.8 Å². The summed E-state index contributed by atoms with van der Waals surface area (Å²) < 4.78 is 11.2. The number of hydrogen-bond acceptors (Lipinski definition) is 6. The average molecular weight is 400 g/mol. The molecule has 2 aliphatic heterocycles. The maximum atomic E-state index is 12.6. The Bertz CT molecular complexity index is 626. The number of nitrogens with zero attached hydrogens (tertiary/aromatic N) is 1. The predicted molar refractivity (Wildman–Crippen MR) is 105 cm³/mol. The molecule has 2 atom stereocenters. The number of thioether (sulfide) groups is 1. The van der Waals surface area contributed by atoms with Gasteiger partial charge in [-0.2, -0.15) is 0 Å². The summed E-state index contributed by atoms with van der Waals surface area (Å²) in [5, 5.41) is 9.52. The smallest absolute Gasteiger partial charge is 0.356 e. The first-order chi connectivity index (χ1) is 12.0. The summed E-state index contributed by atoms with van der Waals surface area (Å²) in [6, 6.07) is 0. The van der Waals surface area contributed by atoms with Crippen molar-refractivity contribution in [1.29, 1.82) is 0 Å². The molecule has 8 heteroatoms. The Labute approximate surface area is 160 Å². The first kappa shape index (κ1) is 21.2. The van der Waals surface area contributed by atoms with Gasteiger partial charge in [0.1, 0.15) is 12.3 Å². The maximum absolute atomic E-state index is 12.6. The van der Waals surface area contributed by atoms with E-state index in [2.05, 4.69) is 40.4 Å². The number of rotatable bonds is 8. The molecule has 1 fully saturated rings. The third-order valence-electron chi connectivity index (χ3n) is 5.29. The quantitative estimate of drug-likeness (QED) is 0.293. The SMILES string of the molecule is C=CCOC(=O)C1=C(CO)S[C@@H]2[C@@H](CCO[Si](C)(C)C(C)(C)C)C(=O)N12.